The van der Waals surface area contributed by atoms with Gasteiger partial charge in [0.05, 0.1) is 10.2 Å². The number of aliphatic hydroxyl groups is 1. The van der Waals surface area contributed by atoms with Gasteiger partial charge in [-0.25, -0.2) is 4.98 Å². The molecule has 0 saturated carbocycles. The van der Waals surface area contributed by atoms with Crippen molar-refractivity contribution in [3.8, 4) is 0 Å². The van der Waals surface area contributed by atoms with Crippen molar-refractivity contribution in [2.75, 3.05) is 13.2 Å². The number of hydrogen-bond acceptors (Lipinski definition) is 4. The fourth-order valence-corrected chi connectivity index (χ4v) is 3.09. The van der Waals surface area contributed by atoms with Gasteiger partial charge < -0.3 is 10.4 Å². The minimum Gasteiger partial charge on any atom is -0.396 e. The highest BCUT2D eigenvalue weighted by atomic mass is 32.1. The molecule has 0 aliphatic carbocycles. The predicted octanol–water partition coefficient (Wildman–Crippen LogP) is 3.18. The lowest BCUT2D eigenvalue weighted by atomic mass is 9.88. The molecule has 0 aliphatic rings. The molecule has 3 nitrogen and oxygen atoms in total. The van der Waals surface area contributed by atoms with Crippen LogP contribution >= 0.6 is 11.3 Å². The Morgan fingerprint density at radius 2 is 2.11 bits per heavy atom. The van der Waals surface area contributed by atoms with Crippen molar-refractivity contribution in [1.29, 1.82) is 0 Å². The molecule has 0 saturated heterocycles. The number of thiazole rings is 1. The largest absolute Gasteiger partial charge is 0.396 e. The van der Waals surface area contributed by atoms with Crippen LogP contribution in [0.1, 0.15) is 31.7 Å². The van der Waals surface area contributed by atoms with Crippen LogP contribution in [0.5, 0.6) is 0 Å². The van der Waals surface area contributed by atoms with E-state index in [2.05, 4.69) is 42.3 Å². The van der Waals surface area contributed by atoms with E-state index in [1.165, 1.54) is 4.70 Å². The second-order valence-electron chi connectivity index (χ2n) is 5.67. The molecule has 19 heavy (non-hydrogen) atoms. The first kappa shape index (κ1) is 14.4. The van der Waals surface area contributed by atoms with Crippen LogP contribution in [0.3, 0.4) is 0 Å². The summed E-state index contributed by atoms with van der Waals surface area (Å²) in [6.45, 7) is 6.51. The first-order chi connectivity index (χ1) is 9.11. The smallest absolute Gasteiger partial charge is 0.108 e. The molecule has 0 spiro atoms. The van der Waals surface area contributed by atoms with Crippen LogP contribution in [-0.2, 0) is 6.54 Å². The van der Waals surface area contributed by atoms with Crippen LogP contribution in [0.15, 0.2) is 24.3 Å². The van der Waals surface area contributed by atoms with Crippen LogP contribution in [0.2, 0.25) is 0 Å². The molecule has 0 radical (unpaired) electrons. The molecule has 2 aromatic rings. The monoisotopic (exact) mass is 278 g/mol. The molecule has 1 heterocycles. The van der Waals surface area contributed by atoms with E-state index in [1.807, 2.05) is 6.07 Å². The van der Waals surface area contributed by atoms with Crippen molar-refractivity contribution in [1.82, 2.24) is 10.3 Å². The van der Waals surface area contributed by atoms with Crippen molar-refractivity contribution in [3.05, 3.63) is 29.3 Å². The van der Waals surface area contributed by atoms with Crippen LogP contribution in [-0.4, -0.2) is 23.2 Å². The van der Waals surface area contributed by atoms with Gasteiger partial charge in [-0.2, -0.15) is 0 Å². The second-order valence-corrected chi connectivity index (χ2v) is 6.79. The molecule has 2 rings (SSSR count). The number of fused-ring (bicyclic) bond motifs is 1. The van der Waals surface area contributed by atoms with E-state index >= 15 is 0 Å². The molecule has 4 heteroatoms. The van der Waals surface area contributed by atoms with Gasteiger partial charge in [0, 0.05) is 19.7 Å². The van der Waals surface area contributed by atoms with Gasteiger partial charge in [-0.15, -0.1) is 11.3 Å². The summed E-state index contributed by atoms with van der Waals surface area (Å²) in [6.07, 6.45) is 1.91. The maximum Gasteiger partial charge on any atom is 0.108 e. The van der Waals surface area contributed by atoms with E-state index in [0.29, 0.717) is 0 Å². The first-order valence-electron chi connectivity index (χ1n) is 6.77. The Morgan fingerprint density at radius 3 is 2.84 bits per heavy atom. The molecule has 2 N–H and O–H groups in total. The van der Waals surface area contributed by atoms with Crippen molar-refractivity contribution >= 4 is 21.6 Å². The molecule has 0 atom stereocenters. The SMILES string of the molecule is CC(C)(CCCO)CNCc1nc2ccccc2s1. The van der Waals surface area contributed by atoms with Gasteiger partial charge in [-0.1, -0.05) is 26.0 Å². The number of aliphatic hydroxyl groups excluding tert-OH is 1. The Kier molecular flexibility index (Phi) is 4.91. The molecule has 104 valence electrons. The highest BCUT2D eigenvalue weighted by Crippen LogP contribution is 2.23. The van der Waals surface area contributed by atoms with Crippen LogP contribution < -0.4 is 5.32 Å². The highest BCUT2D eigenvalue weighted by Gasteiger charge is 2.16. The van der Waals surface area contributed by atoms with E-state index in [-0.39, 0.29) is 12.0 Å². The Morgan fingerprint density at radius 1 is 1.32 bits per heavy atom. The zero-order valence-electron chi connectivity index (χ0n) is 11.6. The van der Waals surface area contributed by atoms with Gasteiger partial charge in [-0.05, 0) is 30.4 Å². The number of nitrogens with one attached hydrogen (secondary N) is 1. The molecule has 0 fully saturated rings. The molecule has 0 unspecified atom stereocenters. The van der Waals surface area contributed by atoms with Crippen molar-refractivity contribution in [2.24, 2.45) is 5.41 Å². The molecule has 0 aliphatic heterocycles. The van der Waals surface area contributed by atoms with Gasteiger partial charge in [-0.3, -0.25) is 0 Å². The van der Waals surface area contributed by atoms with Crippen molar-refractivity contribution in [2.45, 2.75) is 33.2 Å². The number of para-hydroxylation sites is 1. The van der Waals surface area contributed by atoms with Crippen LogP contribution in [0.25, 0.3) is 10.2 Å². The summed E-state index contributed by atoms with van der Waals surface area (Å²) in [5, 5.41) is 13.5. The van der Waals surface area contributed by atoms with Crippen LogP contribution in [0, 0.1) is 5.41 Å². The average Bonchev–Trinajstić information content (AvgIpc) is 2.78. The van der Waals surface area contributed by atoms with E-state index in [9.17, 15) is 0 Å². The summed E-state index contributed by atoms with van der Waals surface area (Å²) < 4.78 is 1.25. The Labute approximate surface area is 118 Å². The zero-order chi connectivity index (χ0) is 13.7. The summed E-state index contributed by atoms with van der Waals surface area (Å²) in [5.74, 6) is 0. The van der Waals surface area contributed by atoms with Gasteiger partial charge >= 0.3 is 0 Å². The predicted molar refractivity (Wildman–Crippen MR) is 81.4 cm³/mol. The lowest BCUT2D eigenvalue weighted by Crippen LogP contribution is -2.29. The van der Waals surface area contributed by atoms with E-state index in [4.69, 9.17) is 5.11 Å². The lowest BCUT2D eigenvalue weighted by Gasteiger charge is -2.24. The first-order valence-corrected chi connectivity index (χ1v) is 7.58. The van der Waals surface area contributed by atoms with Gasteiger partial charge in [0.15, 0.2) is 0 Å². The van der Waals surface area contributed by atoms with E-state index in [1.54, 1.807) is 11.3 Å². The van der Waals surface area contributed by atoms with E-state index < -0.39 is 0 Å². The fourth-order valence-electron chi connectivity index (χ4n) is 2.15. The molecule has 1 aromatic heterocycles. The summed E-state index contributed by atoms with van der Waals surface area (Å²) in [6, 6.07) is 8.25. The van der Waals surface area contributed by atoms with Gasteiger partial charge in [0.25, 0.3) is 0 Å². The quantitative estimate of drug-likeness (QED) is 0.817. The fraction of sp³-hybridized carbons (Fsp3) is 0.533. The minimum absolute atomic E-state index is 0.222. The third kappa shape index (κ3) is 4.27. The molecule has 0 bridgehead atoms. The van der Waals surface area contributed by atoms with Crippen molar-refractivity contribution in [3.63, 3.8) is 0 Å². The number of nitrogens with zero attached hydrogens (tertiary/aromatic N) is 1. The zero-order valence-corrected chi connectivity index (χ0v) is 12.5. The normalized spacial score (nSPS) is 12.2. The number of rotatable bonds is 7. The number of hydrogen-bond donors (Lipinski definition) is 2. The molecule has 1 aromatic carbocycles. The number of aromatic nitrogens is 1. The third-order valence-corrected chi connectivity index (χ3v) is 4.27. The Hall–Kier alpha value is -0.970. The molecule has 0 amide bonds. The minimum atomic E-state index is 0.222. The van der Waals surface area contributed by atoms with Crippen LogP contribution in [0.4, 0.5) is 0 Å². The molecular weight excluding hydrogens is 256 g/mol. The van der Waals surface area contributed by atoms with Crippen molar-refractivity contribution < 1.29 is 5.11 Å². The van der Waals surface area contributed by atoms with Gasteiger partial charge in [0.1, 0.15) is 5.01 Å². The maximum absolute atomic E-state index is 8.88. The Bertz CT molecular complexity index is 489. The van der Waals surface area contributed by atoms with Gasteiger partial charge in [0.2, 0.25) is 0 Å². The number of benzene rings is 1. The summed E-state index contributed by atoms with van der Waals surface area (Å²) in [4.78, 5) is 4.61. The molecular formula is C15H22N2OS. The van der Waals surface area contributed by atoms with E-state index in [0.717, 1.165) is 36.5 Å². The summed E-state index contributed by atoms with van der Waals surface area (Å²) in [7, 11) is 0. The summed E-state index contributed by atoms with van der Waals surface area (Å²) >= 11 is 1.75. The summed E-state index contributed by atoms with van der Waals surface area (Å²) in [5.41, 5.74) is 1.31. The highest BCUT2D eigenvalue weighted by molar-refractivity contribution is 7.18. The maximum atomic E-state index is 8.88. The Balaban J connectivity index is 1.85. The average molecular weight is 278 g/mol. The standard InChI is InChI=1S/C15H22N2OS/c1-15(2,8-5-9-18)11-16-10-14-17-12-6-3-4-7-13(12)19-14/h3-4,6-7,16,18H,5,8-11H2,1-2H3. The second kappa shape index (κ2) is 6.46. The topological polar surface area (TPSA) is 45.1 Å². The third-order valence-electron chi connectivity index (χ3n) is 3.23. The lowest BCUT2D eigenvalue weighted by molar-refractivity contribution is 0.236.